The van der Waals surface area contributed by atoms with Crippen molar-refractivity contribution in [3.63, 3.8) is 0 Å². The molecule has 2 aromatic rings. The predicted molar refractivity (Wildman–Crippen MR) is 54.6 cm³/mol. The average molecular weight is 202 g/mol. The van der Waals surface area contributed by atoms with Gasteiger partial charge in [-0.1, -0.05) is 18.2 Å². The summed E-state index contributed by atoms with van der Waals surface area (Å²) in [6, 6.07) is 9.45. The highest BCUT2D eigenvalue weighted by molar-refractivity contribution is 5.88. The van der Waals surface area contributed by atoms with Gasteiger partial charge in [0.15, 0.2) is 0 Å². The maximum atomic E-state index is 10.9. The Bertz CT molecular complexity index is 489. The fourth-order valence-electron chi connectivity index (χ4n) is 1.31. The van der Waals surface area contributed by atoms with Crippen molar-refractivity contribution in [2.75, 3.05) is 0 Å². The standard InChI is InChI=1S/C10H10N4O/c1-7-12-10(9(11)15)13-14(7)8-5-3-2-4-6-8/h2-6H,1H3,(H2,11,15). The van der Waals surface area contributed by atoms with Gasteiger partial charge < -0.3 is 5.73 Å². The molecule has 1 amide bonds. The van der Waals surface area contributed by atoms with Crippen LogP contribution in [0, 0.1) is 6.92 Å². The summed E-state index contributed by atoms with van der Waals surface area (Å²) in [5.41, 5.74) is 5.95. The van der Waals surface area contributed by atoms with Crippen molar-refractivity contribution < 1.29 is 4.79 Å². The number of para-hydroxylation sites is 1. The van der Waals surface area contributed by atoms with Crippen molar-refractivity contribution in [2.45, 2.75) is 6.92 Å². The molecule has 0 radical (unpaired) electrons. The minimum Gasteiger partial charge on any atom is -0.363 e. The molecule has 0 aliphatic heterocycles. The van der Waals surface area contributed by atoms with E-state index in [0.717, 1.165) is 5.69 Å². The maximum Gasteiger partial charge on any atom is 0.288 e. The van der Waals surface area contributed by atoms with Gasteiger partial charge in [-0.2, -0.15) is 0 Å². The molecule has 5 nitrogen and oxygen atoms in total. The Hall–Kier alpha value is -2.17. The molecule has 5 heteroatoms. The first-order chi connectivity index (χ1) is 7.18. The van der Waals surface area contributed by atoms with E-state index in [1.165, 1.54) is 0 Å². The number of aryl methyl sites for hydroxylation is 1. The molecular weight excluding hydrogens is 192 g/mol. The third-order valence-electron chi connectivity index (χ3n) is 1.99. The van der Waals surface area contributed by atoms with Gasteiger partial charge in [0, 0.05) is 0 Å². The number of benzene rings is 1. The quantitative estimate of drug-likeness (QED) is 0.778. The van der Waals surface area contributed by atoms with Crippen molar-refractivity contribution in [3.05, 3.63) is 42.0 Å². The zero-order chi connectivity index (χ0) is 10.8. The summed E-state index contributed by atoms with van der Waals surface area (Å²) in [6.07, 6.45) is 0. The van der Waals surface area contributed by atoms with Crippen LogP contribution in [0.5, 0.6) is 0 Å². The van der Waals surface area contributed by atoms with Crippen LogP contribution in [-0.4, -0.2) is 20.7 Å². The van der Waals surface area contributed by atoms with Crippen molar-refractivity contribution in [1.29, 1.82) is 0 Å². The molecule has 2 N–H and O–H groups in total. The Balaban J connectivity index is 2.50. The lowest BCUT2D eigenvalue weighted by Crippen LogP contribution is -2.13. The molecule has 0 unspecified atom stereocenters. The van der Waals surface area contributed by atoms with Gasteiger partial charge in [0.25, 0.3) is 5.91 Å². The summed E-state index contributed by atoms with van der Waals surface area (Å²) in [5, 5.41) is 4.01. The molecule has 0 spiro atoms. The van der Waals surface area contributed by atoms with Crippen molar-refractivity contribution in [1.82, 2.24) is 14.8 Å². The number of hydrogen-bond acceptors (Lipinski definition) is 3. The van der Waals surface area contributed by atoms with E-state index in [0.29, 0.717) is 5.82 Å². The molecule has 15 heavy (non-hydrogen) atoms. The summed E-state index contributed by atoms with van der Waals surface area (Å²) in [7, 11) is 0. The normalized spacial score (nSPS) is 10.2. The van der Waals surface area contributed by atoms with E-state index in [1.54, 1.807) is 11.6 Å². The van der Waals surface area contributed by atoms with E-state index in [1.807, 2.05) is 30.3 Å². The number of carbonyl (C=O) groups is 1. The van der Waals surface area contributed by atoms with Crippen LogP contribution in [-0.2, 0) is 0 Å². The van der Waals surface area contributed by atoms with Gasteiger partial charge in [-0.3, -0.25) is 4.79 Å². The summed E-state index contributed by atoms with van der Waals surface area (Å²) in [4.78, 5) is 14.8. The predicted octanol–water partition coefficient (Wildman–Crippen LogP) is 0.675. The average Bonchev–Trinajstić information content (AvgIpc) is 2.62. The van der Waals surface area contributed by atoms with Crippen LogP contribution in [0.3, 0.4) is 0 Å². The van der Waals surface area contributed by atoms with Crippen molar-refractivity contribution in [2.24, 2.45) is 5.73 Å². The van der Waals surface area contributed by atoms with Gasteiger partial charge in [-0.15, -0.1) is 5.10 Å². The number of amides is 1. The molecule has 2 rings (SSSR count). The first-order valence-corrected chi connectivity index (χ1v) is 4.47. The van der Waals surface area contributed by atoms with Crippen molar-refractivity contribution >= 4 is 5.91 Å². The van der Waals surface area contributed by atoms with Crippen LogP contribution < -0.4 is 5.73 Å². The lowest BCUT2D eigenvalue weighted by Gasteiger charge is -2.00. The molecule has 0 fully saturated rings. The second-order valence-corrected chi connectivity index (χ2v) is 3.09. The van der Waals surface area contributed by atoms with Gasteiger partial charge in [0.2, 0.25) is 5.82 Å². The van der Waals surface area contributed by atoms with Crippen LogP contribution in [0.4, 0.5) is 0 Å². The number of rotatable bonds is 2. The zero-order valence-electron chi connectivity index (χ0n) is 8.21. The highest BCUT2D eigenvalue weighted by Gasteiger charge is 2.11. The van der Waals surface area contributed by atoms with Crippen molar-refractivity contribution in [3.8, 4) is 5.69 Å². The number of nitrogens with zero attached hydrogens (tertiary/aromatic N) is 3. The Morgan fingerprint density at radius 2 is 2.00 bits per heavy atom. The molecule has 1 aromatic heterocycles. The Morgan fingerprint density at radius 3 is 2.53 bits per heavy atom. The van der Waals surface area contributed by atoms with Gasteiger partial charge in [-0.05, 0) is 19.1 Å². The number of nitrogens with two attached hydrogens (primary N) is 1. The summed E-state index contributed by atoms with van der Waals surface area (Å²) in [5.74, 6) is 0.0548. The zero-order valence-corrected chi connectivity index (χ0v) is 8.21. The maximum absolute atomic E-state index is 10.9. The lowest BCUT2D eigenvalue weighted by atomic mass is 10.3. The van der Waals surface area contributed by atoms with Crippen LogP contribution in [0.15, 0.2) is 30.3 Å². The first kappa shape index (κ1) is 9.39. The number of carbonyl (C=O) groups excluding carboxylic acids is 1. The molecule has 0 bridgehead atoms. The lowest BCUT2D eigenvalue weighted by molar-refractivity contribution is 0.0990. The van der Waals surface area contributed by atoms with Crippen LogP contribution in [0.2, 0.25) is 0 Å². The minimum atomic E-state index is -0.618. The Morgan fingerprint density at radius 1 is 1.33 bits per heavy atom. The van der Waals surface area contributed by atoms with Gasteiger partial charge in [0.05, 0.1) is 5.69 Å². The molecule has 0 saturated carbocycles. The van der Waals surface area contributed by atoms with Gasteiger partial charge in [0.1, 0.15) is 5.82 Å². The molecule has 0 saturated heterocycles. The molecule has 76 valence electrons. The van der Waals surface area contributed by atoms with E-state index in [4.69, 9.17) is 5.73 Å². The molecule has 0 aliphatic carbocycles. The highest BCUT2D eigenvalue weighted by atomic mass is 16.1. The van der Waals surface area contributed by atoms with E-state index in [2.05, 4.69) is 10.1 Å². The molecule has 1 aromatic carbocycles. The third kappa shape index (κ3) is 1.71. The number of hydrogen-bond donors (Lipinski definition) is 1. The molecular formula is C10H10N4O. The topological polar surface area (TPSA) is 73.8 Å². The van der Waals surface area contributed by atoms with E-state index < -0.39 is 5.91 Å². The highest BCUT2D eigenvalue weighted by Crippen LogP contribution is 2.08. The van der Waals surface area contributed by atoms with E-state index in [9.17, 15) is 4.79 Å². The van der Waals surface area contributed by atoms with Gasteiger partial charge >= 0.3 is 0 Å². The van der Waals surface area contributed by atoms with Crippen LogP contribution >= 0.6 is 0 Å². The molecule has 1 heterocycles. The van der Waals surface area contributed by atoms with Crippen LogP contribution in [0.1, 0.15) is 16.4 Å². The summed E-state index contributed by atoms with van der Waals surface area (Å²) in [6.45, 7) is 1.77. The summed E-state index contributed by atoms with van der Waals surface area (Å²) < 4.78 is 1.58. The Labute approximate surface area is 86.5 Å². The fraction of sp³-hybridized carbons (Fsp3) is 0.100. The van der Waals surface area contributed by atoms with Crippen LogP contribution in [0.25, 0.3) is 5.69 Å². The summed E-state index contributed by atoms with van der Waals surface area (Å²) >= 11 is 0. The second-order valence-electron chi connectivity index (χ2n) is 3.09. The SMILES string of the molecule is Cc1nc(C(N)=O)nn1-c1ccccc1. The minimum absolute atomic E-state index is 0.0383. The van der Waals surface area contributed by atoms with Gasteiger partial charge in [-0.25, -0.2) is 9.67 Å². The van der Waals surface area contributed by atoms with E-state index >= 15 is 0 Å². The number of aromatic nitrogens is 3. The molecule has 0 atom stereocenters. The Kier molecular flexibility index (Phi) is 2.21. The fourth-order valence-corrected chi connectivity index (χ4v) is 1.31. The smallest absolute Gasteiger partial charge is 0.288 e. The van der Waals surface area contributed by atoms with E-state index in [-0.39, 0.29) is 5.82 Å². The molecule has 0 aliphatic rings. The first-order valence-electron chi connectivity index (χ1n) is 4.47. The largest absolute Gasteiger partial charge is 0.363 e. The second kappa shape index (κ2) is 3.53. The third-order valence-corrected chi connectivity index (χ3v) is 1.99. The monoisotopic (exact) mass is 202 g/mol. The number of primary amides is 1.